The largest absolute Gasteiger partial charge is 0.296 e. The first-order valence-corrected chi connectivity index (χ1v) is 10.9. The van der Waals surface area contributed by atoms with E-state index in [0.717, 1.165) is 17.5 Å². The molecule has 10 heteroatoms. The minimum Gasteiger partial charge on any atom is -0.296 e. The number of carbonyl (C=O) groups excluding carboxylic acids is 1. The summed E-state index contributed by atoms with van der Waals surface area (Å²) in [5, 5.41) is 10.9. The van der Waals surface area contributed by atoms with Gasteiger partial charge in [0, 0.05) is 6.26 Å². The molecule has 4 aromatic rings. The molecule has 2 aromatic heterocycles. The van der Waals surface area contributed by atoms with Gasteiger partial charge in [-0.2, -0.15) is 0 Å². The molecule has 2 heterocycles. The predicted molar refractivity (Wildman–Crippen MR) is 107 cm³/mol. The van der Waals surface area contributed by atoms with E-state index in [-0.39, 0.29) is 10.6 Å². The van der Waals surface area contributed by atoms with Gasteiger partial charge in [0.05, 0.1) is 27.0 Å². The van der Waals surface area contributed by atoms with Crippen molar-refractivity contribution in [1.29, 1.82) is 0 Å². The highest BCUT2D eigenvalue weighted by atomic mass is 32.2. The van der Waals surface area contributed by atoms with Gasteiger partial charge in [-0.05, 0) is 37.3 Å². The van der Waals surface area contributed by atoms with Crippen LogP contribution in [0.5, 0.6) is 0 Å². The predicted octanol–water partition coefficient (Wildman–Crippen LogP) is 2.84. The van der Waals surface area contributed by atoms with Gasteiger partial charge in [0.15, 0.2) is 20.7 Å². The number of benzene rings is 2. The van der Waals surface area contributed by atoms with Crippen molar-refractivity contribution in [1.82, 2.24) is 20.0 Å². The highest BCUT2D eigenvalue weighted by Gasteiger charge is 2.15. The Kier molecular flexibility index (Phi) is 4.44. The zero-order chi connectivity index (χ0) is 19.9. The van der Waals surface area contributed by atoms with Crippen LogP contribution in [0.4, 0.5) is 5.13 Å². The van der Waals surface area contributed by atoms with Gasteiger partial charge in [-0.15, -0.1) is 5.10 Å². The maximum atomic E-state index is 12.5. The fourth-order valence-corrected chi connectivity index (χ4v) is 4.16. The molecule has 0 radical (unpaired) electrons. The van der Waals surface area contributed by atoms with Crippen LogP contribution in [-0.2, 0) is 9.84 Å². The third kappa shape index (κ3) is 3.64. The van der Waals surface area contributed by atoms with Crippen LogP contribution in [0.1, 0.15) is 16.1 Å². The number of carbonyl (C=O) groups is 1. The fraction of sp³-hybridized carbons (Fsp3) is 0.111. The molecule has 0 fully saturated rings. The maximum absolute atomic E-state index is 12.5. The molecule has 0 spiro atoms. The van der Waals surface area contributed by atoms with Crippen molar-refractivity contribution >= 4 is 42.4 Å². The monoisotopic (exact) mass is 413 g/mol. The molecule has 0 bridgehead atoms. The van der Waals surface area contributed by atoms with Crippen LogP contribution >= 0.6 is 11.3 Å². The van der Waals surface area contributed by atoms with Crippen LogP contribution in [0.25, 0.3) is 15.9 Å². The van der Waals surface area contributed by atoms with E-state index in [1.54, 1.807) is 12.1 Å². The van der Waals surface area contributed by atoms with E-state index >= 15 is 0 Å². The van der Waals surface area contributed by atoms with Crippen molar-refractivity contribution in [3.8, 4) is 5.69 Å². The van der Waals surface area contributed by atoms with Crippen LogP contribution in [0, 0.1) is 6.92 Å². The average molecular weight is 413 g/mol. The number of amides is 1. The number of hydrogen-bond acceptors (Lipinski definition) is 7. The molecule has 0 unspecified atom stereocenters. The summed E-state index contributed by atoms with van der Waals surface area (Å²) < 4.78 is 25.5. The van der Waals surface area contributed by atoms with Gasteiger partial charge >= 0.3 is 0 Å². The summed E-state index contributed by atoms with van der Waals surface area (Å²) in [5.41, 5.74) is 2.68. The summed E-state index contributed by atoms with van der Waals surface area (Å²) in [6.07, 6.45) is 2.68. The van der Waals surface area contributed by atoms with E-state index in [1.165, 1.54) is 28.3 Å². The van der Waals surface area contributed by atoms with Gasteiger partial charge in [0.2, 0.25) is 0 Å². The third-order valence-corrected chi connectivity index (χ3v) is 6.08. The number of aryl methyl sites for hydroxylation is 1. The van der Waals surface area contributed by atoms with Crippen LogP contribution in [0.15, 0.2) is 53.6 Å². The number of rotatable bonds is 4. The molecular weight excluding hydrogens is 398 g/mol. The Morgan fingerprint density at radius 3 is 2.61 bits per heavy atom. The second kappa shape index (κ2) is 6.80. The molecule has 142 valence electrons. The van der Waals surface area contributed by atoms with Crippen LogP contribution < -0.4 is 5.32 Å². The van der Waals surface area contributed by atoms with E-state index in [0.29, 0.717) is 15.3 Å². The topological polar surface area (TPSA) is 107 Å². The van der Waals surface area contributed by atoms with Crippen LogP contribution in [0.3, 0.4) is 0 Å². The molecule has 0 aliphatic carbocycles. The van der Waals surface area contributed by atoms with Crippen LogP contribution in [-0.4, -0.2) is 40.6 Å². The molecule has 2 aromatic carbocycles. The summed E-state index contributed by atoms with van der Waals surface area (Å²) in [5.74, 6) is -0.444. The molecule has 0 saturated heterocycles. The highest BCUT2D eigenvalue weighted by Crippen LogP contribution is 2.28. The lowest BCUT2D eigenvalue weighted by molar-refractivity contribution is 0.102. The van der Waals surface area contributed by atoms with Crippen molar-refractivity contribution < 1.29 is 13.2 Å². The Labute approximate surface area is 164 Å². The number of sulfone groups is 1. The zero-order valence-corrected chi connectivity index (χ0v) is 16.6. The molecule has 0 saturated carbocycles. The number of aromatic nitrogens is 4. The van der Waals surface area contributed by atoms with E-state index < -0.39 is 15.7 Å². The minimum atomic E-state index is -3.31. The molecule has 1 N–H and O–H groups in total. The molecular formula is C18H15N5O3S2. The number of thiazole rings is 1. The van der Waals surface area contributed by atoms with E-state index in [9.17, 15) is 13.2 Å². The first-order valence-electron chi connectivity index (χ1n) is 8.21. The Morgan fingerprint density at radius 1 is 1.14 bits per heavy atom. The number of hydrogen-bond donors (Lipinski definition) is 1. The number of anilines is 1. The van der Waals surface area contributed by atoms with Gasteiger partial charge in [0.1, 0.15) is 0 Å². The average Bonchev–Trinajstić information content (AvgIpc) is 3.27. The highest BCUT2D eigenvalue weighted by molar-refractivity contribution is 7.90. The van der Waals surface area contributed by atoms with Crippen molar-refractivity contribution in [2.45, 2.75) is 11.8 Å². The third-order valence-electron chi connectivity index (χ3n) is 4.03. The van der Waals surface area contributed by atoms with E-state index in [4.69, 9.17) is 0 Å². The van der Waals surface area contributed by atoms with Crippen molar-refractivity contribution in [2.75, 3.05) is 11.6 Å². The summed E-state index contributed by atoms with van der Waals surface area (Å²) in [6, 6.07) is 12.3. The lowest BCUT2D eigenvalue weighted by Crippen LogP contribution is -2.12. The summed E-state index contributed by atoms with van der Waals surface area (Å²) in [6.45, 7) is 1.99. The Morgan fingerprint density at radius 2 is 1.89 bits per heavy atom. The Balaban J connectivity index is 1.56. The molecule has 0 aliphatic heterocycles. The van der Waals surface area contributed by atoms with E-state index in [2.05, 4.69) is 20.6 Å². The minimum absolute atomic E-state index is 0.150. The van der Waals surface area contributed by atoms with Gasteiger partial charge in [-0.1, -0.05) is 34.2 Å². The van der Waals surface area contributed by atoms with Gasteiger partial charge < -0.3 is 0 Å². The first-order chi connectivity index (χ1) is 13.3. The second-order valence-electron chi connectivity index (χ2n) is 6.26. The fourth-order valence-electron chi connectivity index (χ4n) is 2.54. The number of nitrogens with zero attached hydrogens (tertiary/aromatic N) is 4. The molecule has 8 nitrogen and oxygen atoms in total. The van der Waals surface area contributed by atoms with Crippen molar-refractivity contribution in [2.24, 2.45) is 0 Å². The zero-order valence-electron chi connectivity index (χ0n) is 14.9. The standard InChI is InChI=1S/C18H15N5O3S2/c1-11-3-5-12(6-4-11)23-10-15(21-22-23)17(24)20-18-19-14-8-7-13(28(2,25)26)9-16(14)27-18/h3-10H,1-2H3,(H,19,20,24). The Hall–Kier alpha value is -3.11. The maximum Gasteiger partial charge on any atom is 0.279 e. The molecule has 4 rings (SSSR count). The molecule has 0 aliphatic rings. The quantitative estimate of drug-likeness (QED) is 0.551. The normalized spacial score (nSPS) is 11.6. The van der Waals surface area contributed by atoms with Gasteiger partial charge in [-0.3, -0.25) is 10.1 Å². The van der Waals surface area contributed by atoms with Gasteiger partial charge in [0.25, 0.3) is 5.91 Å². The summed E-state index contributed by atoms with van der Waals surface area (Å²) >= 11 is 1.19. The first kappa shape index (κ1) is 18.3. The molecule has 1 amide bonds. The smallest absolute Gasteiger partial charge is 0.279 e. The number of fused-ring (bicyclic) bond motifs is 1. The number of nitrogens with one attached hydrogen (secondary N) is 1. The lowest BCUT2D eigenvalue weighted by atomic mass is 10.2. The van der Waals surface area contributed by atoms with Crippen molar-refractivity contribution in [3.05, 3.63) is 59.9 Å². The van der Waals surface area contributed by atoms with Crippen LogP contribution in [0.2, 0.25) is 0 Å². The summed E-state index contributed by atoms with van der Waals surface area (Å²) in [4.78, 5) is 17.0. The van der Waals surface area contributed by atoms with Gasteiger partial charge in [-0.25, -0.2) is 18.1 Å². The van der Waals surface area contributed by atoms with Crippen molar-refractivity contribution in [3.63, 3.8) is 0 Å². The second-order valence-corrected chi connectivity index (χ2v) is 9.31. The SMILES string of the molecule is Cc1ccc(-n2cc(C(=O)Nc3nc4ccc(S(C)(=O)=O)cc4s3)nn2)cc1. The Bertz CT molecular complexity index is 1290. The molecule has 0 atom stereocenters. The molecule has 28 heavy (non-hydrogen) atoms. The lowest BCUT2D eigenvalue weighted by Gasteiger charge is -1.99. The summed E-state index contributed by atoms with van der Waals surface area (Å²) in [7, 11) is -3.31. The van der Waals surface area contributed by atoms with E-state index in [1.807, 2.05) is 31.2 Å².